The van der Waals surface area contributed by atoms with Gasteiger partial charge in [-0.3, -0.25) is 4.98 Å². The predicted molar refractivity (Wildman–Crippen MR) is 73.5 cm³/mol. The van der Waals surface area contributed by atoms with Crippen molar-refractivity contribution in [1.82, 2.24) is 15.0 Å². The third-order valence-corrected chi connectivity index (χ3v) is 2.90. The zero-order chi connectivity index (χ0) is 14.0. The quantitative estimate of drug-likeness (QED) is 0.850. The van der Waals surface area contributed by atoms with Crippen molar-refractivity contribution in [3.63, 3.8) is 0 Å². The highest BCUT2D eigenvalue weighted by atomic mass is 79.9. The van der Waals surface area contributed by atoms with Crippen molar-refractivity contribution in [3.8, 4) is 11.4 Å². The Morgan fingerprint density at radius 1 is 1.37 bits per heavy atom. The van der Waals surface area contributed by atoms with Gasteiger partial charge in [-0.15, -0.1) is 0 Å². The number of nitrogens with zero attached hydrogens (tertiary/aromatic N) is 3. The molecule has 0 aromatic carbocycles. The van der Waals surface area contributed by atoms with Crippen molar-refractivity contribution in [2.24, 2.45) is 0 Å². The Labute approximate surface area is 118 Å². The Morgan fingerprint density at radius 2 is 2.11 bits per heavy atom. The molecule has 2 N–H and O–H groups in total. The number of hydrogen-bond donors (Lipinski definition) is 1. The highest BCUT2D eigenvalue weighted by molar-refractivity contribution is 9.10. The van der Waals surface area contributed by atoms with E-state index in [-0.39, 0.29) is 11.4 Å². The largest absolute Gasteiger partial charge is 0.465 e. The van der Waals surface area contributed by atoms with E-state index in [1.807, 2.05) is 6.07 Å². The number of ether oxygens (including phenoxy) is 1. The minimum absolute atomic E-state index is 0.0920. The molecular formula is C12H11BrN4O2. The molecule has 98 valence electrons. The third kappa shape index (κ3) is 2.70. The van der Waals surface area contributed by atoms with Crippen LogP contribution in [0, 0.1) is 6.92 Å². The molecule has 0 unspecified atom stereocenters. The normalized spacial score (nSPS) is 10.3. The topological polar surface area (TPSA) is 91.0 Å². The number of anilines is 1. The summed E-state index contributed by atoms with van der Waals surface area (Å²) in [6.07, 6.45) is 3.28. The van der Waals surface area contributed by atoms with E-state index in [9.17, 15) is 4.79 Å². The predicted octanol–water partition coefficient (Wildman–Crippen LogP) is 1.98. The molecule has 0 spiro atoms. The number of halogens is 1. The lowest BCUT2D eigenvalue weighted by molar-refractivity contribution is 0.0600. The van der Waals surface area contributed by atoms with Crippen LogP contribution in [0.5, 0.6) is 0 Å². The maximum atomic E-state index is 11.6. The van der Waals surface area contributed by atoms with E-state index in [0.29, 0.717) is 17.1 Å². The Morgan fingerprint density at radius 3 is 2.68 bits per heavy atom. The highest BCUT2D eigenvalue weighted by Crippen LogP contribution is 2.22. The molecule has 0 atom stereocenters. The SMILES string of the molecule is COC(=O)c1c(C)nc(-c2cncc(Br)c2)nc1N. The number of hydrogen-bond acceptors (Lipinski definition) is 6. The summed E-state index contributed by atoms with van der Waals surface area (Å²) >= 11 is 3.32. The first-order valence-corrected chi connectivity index (χ1v) is 6.15. The number of rotatable bonds is 2. The monoisotopic (exact) mass is 322 g/mol. The average Bonchev–Trinajstić information content (AvgIpc) is 2.37. The lowest BCUT2D eigenvalue weighted by Crippen LogP contribution is -2.12. The van der Waals surface area contributed by atoms with Gasteiger partial charge in [-0.1, -0.05) is 0 Å². The molecule has 0 aliphatic rings. The van der Waals surface area contributed by atoms with E-state index in [2.05, 4.69) is 35.6 Å². The van der Waals surface area contributed by atoms with Crippen molar-refractivity contribution in [3.05, 3.63) is 34.2 Å². The minimum atomic E-state index is -0.547. The Bertz CT molecular complexity index is 622. The maximum absolute atomic E-state index is 11.6. The summed E-state index contributed by atoms with van der Waals surface area (Å²) in [5, 5.41) is 0. The summed E-state index contributed by atoms with van der Waals surface area (Å²) in [6.45, 7) is 1.68. The fourth-order valence-corrected chi connectivity index (χ4v) is 1.98. The lowest BCUT2D eigenvalue weighted by Gasteiger charge is -2.08. The van der Waals surface area contributed by atoms with Gasteiger partial charge in [0.05, 0.1) is 12.8 Å². The van der Waals surface area contributed by atoms with Gasteiger partial charge in [-0.2, -0.15) is 0 Å². The molecule has 0 fully saturated rings. The van der Waals surface area contributed by atoms with Gasteiger partial charge in [-0.25, -0.2) is 14.8 Å². The number of nitrogens with two attached hydrogens (primary N) is 1. The minimum Gasteiger partial charge on any atom is -0.465 e. The van der Waals surface area contributed by atoms with Gasteiger partial charge in [0.2, 0.25) is 0 Å². The molecule has 0 bridgehead atoms. The summed E-state index contributed by atoms with van der Waals surface area (Å²) in [5.41, 5.74) is 7.15. The second-order valence-corrected chi connectivity index (χ2v) is 4.69. The van der Waals surface area contributed by atoms with Crippen LogP contribution in [-0.2, 0) is 4.74 Å². The van der Waals surface area contributed by atoms with E-state index >= 15 is 0 Å². The Kier molecular flexibility index (Phi) is 3.75. The Hall–Kier alpha value is -2.02. The first kappa shape index (κ1) is 13.4. The van der Waals surface area contributed by atoms with Crippen LogP contribution in [0.25, 0.3) is 11.4 Å². The van der Waals surface area contributed by atoms with E-state index in [1.165, 1.54) is 7.11 Å². The van der Waals surface area contributed by atoms with E-state index < -0.39 is 5.97 Å². The summed E-state index contributed by atoms with van der Waals surface area (Å²) in [4.78, 5) is 24.0. The molecule has 2 heterocycles. The van der Waals surface area contributed by atoms with Crippen LogP contribution >= 0.6 is 15.9 Å². The second-order valence-electron chi connectivity index (χ2n) is 3.78. The molecular weight excluding hydrogens is 312 g/mol. The van der Waals surface area contributed by atoms with Crippen molar-refractivity contribution in [2.75, 3.05) is 12.8 Å². The number of aryl methyl sites for hydroxylation is 1. The van der Waals surface area contributed by atoms with Crippen LogP contribution < -0.4 is 5.73 Å². The first-order valence-electron chi connectivity index (χ1n) is 5.36. The van der Waals surface area contributed by atoms with Crippen LogP contribution in [0.3, 0.4) is 0 Å². The fourth-order valence-electron chi connectivity index (χ4n) is 1.61. The van der Waals surface area contributed by atoms with Gasteiger partial charge in [0.15, 0.2) is 5.82 Å². The first-order chi connectivity index (χ1) is 9.02. The summed E-state index contributed by atoms with van der Waals surface area (Å²) in [6, 6.07) is 1.82. The average molecular weight is 323 g/mol. The van der Waals surface area contributed by atoms with Crippen LogP contribution in [0.15, 0.2) is 22.9 Å². The molecule has 0 radical (unpaired) electrons. The smallest absolute Gasteiger partial charge is 0.343 e. The van der Waals surface area contributed by atoms with E-state index in [1.54, 1.807) is 19.3 Å². The van der Waals surface area contributed by atoms with E-state index in [0.717, 1.165) is 4.47 Å². The lowest BCUT2D eigenvalue weighted by atomic mass is 10.2. The number of pyridine rings is 1. The van der Waals surface area contributed by atoms with Gasteiger partial charge in [-0.05, 0) is 28.9 Å². The summed E-state index contributed by atoms with van der Waals surface area (Å²) in [7, 11) is 1.29. The van der Waals surface area contributed by atoms with Gasteiger partial charge < -0.3 is 10.5 Å². The number of nitrogen functional groups attached to an aromatic ring is 1. The number of carbonyl (C=O) groups is 1. The highest BCUT2D eigenvalue weighted by Gasteiger charge is 2.18. The number of aromatic nitrogens is 3. The Balaban J connectivity index is 2.54. The zero-order valence-corrected chi connectivity index (χ0v) is 11.9. The van der Waals surface area contributed by atoms with Crippen molar-refractivity contribution >= 4 is 27.7 Å². The number of methoxy groups -OCH3 is 1. The molecule has 0 aliphatic carbocycles. The molecule has 0 amide bonds. The number of esters is 1. The van der Waals surface area contributed by atoms with Crippen molar-refractivity contribution < 1.29 is 9.53 Å². The number of carbonyl (C=O) groups excluding carboxylic acids is 1. The molecule has 6 nitrogen and oxygen atoms in total. The zero-order valence-electron chi connectivity index (χ0n) is 10.3. The second kappa shape index (κ2) is 5.31. The molecule has 19 heavy (non-hydrogen) atoms. The molecule has 0 aliphatic heterocycles. The van der Waals surface area contributed by atoms with Crippen LogP contribution in [0.2, 0.25) is 0 Å². The van der Waals surface area contributed by atoms with Crippen molar-refractivity contribution in [1.29, 1.82) is 0 Å². The third-order valence-electron chi connectivity index (χ3n) is 2.47. The van der Waals surface area contributed by atoms with Gasteiger partial charge in [0, 0.05) is 22.4 Å². The van der Waals surface area contributed by atoms with Crippen LogP contribution in [-0.4, -0.2) is 28.0 Å². The molecule has 2 rings (SSSR count). The van der Waals surface area contributed by atoms with Gasteiger partial charge in [0.25, 0.3) is 0 Å². The standard InChI is InChI=1S/C12H11BrN4O2/c1-6-9(12(18)19-2)10(14)17-11(16-6)7-3-8(13)5-15-4-7/h3-5H,1-2H3,(H2,14,16,17). The van der Waals surface area contributed by atoms with Gasteiger partial charge >= 0.3 is 5.97 Å². The van der Waals surface area contributed by atoms with Crippen LogP contribution in [0.1, 0.15) is 16.1 Å². The maximum Gasteiger partial charge on any atom is 0.343 e. The molecule has 7 heteroatoms. The van der Waals surface area contributed by atoms with Gasteiger partial charge in [0.1, 0.15) is 11.4 Å². The van der Waals surface area contributed by atoms with Crippen molar-refractivity contribution in [2.45, 2.75) is 6.92 Å². The summed E-state index contributed by atoms with van der Waals surface area (Å²) < 4.78 is 5.45. The molecule has 0 saturated heterocycles. The van der Waals surface area contributed by atoms with Crippen LogP contribution in [0.4, 0.5) is 5.82 Å². The summed E-state index contributed by atoms with van der Waals surface area (Å²) in [5.74, 6) is -0.0419. The molecule has 2 aromatic rings. The molecule has 0 saturated carbocycles. The fraction of sp³-hybridized carbons (Fsp3) is 0.167. The van der Waals surface area contributed by atoms with E-state index in [4.69, 9.17) is 5.73 Å². The molecule has 2 aromatic heterocycles.